The highest BCUT2D eigenvalue weighted by Gasteiger charge is 2.23. The van der Waals surface area contributed by atoms with Crippen molar-refractivity contribution >= 4 is 5.97 Å². The van der Waals surface area contributed by atoms with Crippen molar-refractivity contribution in [2.45, 2.75) is 52.2 Å². The Labute approximate surface area is 135 Å². The Hall–Kier alpha value is -2.06. The smallest absolute Gasteiger partial charge is 0.345 e. The normalized spacial score (nSPS) is 15.0. The number of fused-ring (bicyclic) bond motifs is 1. The SMILES string of the molecule is Cc1c(C#CC(OC(C)(C)C)C(=O)O)cc(F)c2c1CCCO2. The summed E-state index contributed by atoms with van der Waals surface area (Å²) in [5, 5.41) is 9.21. The Morgan fingerprint density at radius 3 is 2.78 bits per heavy atom. The van der Waals surface area contributed by atoms with E-state index < -0.39 is 23.5 Å². The van der Waals surface area contributed by atoms with Crippen LogP contribution in [-0.4, -0.2) is 29.4 Å². The molecule has 0 radical (unpaired) electrons. The molecule has 1 N–H and O–H groups in total. The van der Waals surface area contributed by atoms with Crippen molar-refractivity contribution in [3.8, 4) is 17.6 Å². The number of rotatable bonds is 2. The number of hydrogen-bond acceptors (Lipinski definition) is 3. The first-order chi connectivity index (χ1) is 10.7. The van der Waals surface area contributed by atoms with Crippen molar-refractivity contribution in [2.75, 3.05) is 6.61 Å². The Balaban J connectivity index is 2.37. The summed E-state index contributed by atoms with van der Waals surface area (Å²) >= 11 is 0. The maximum atomic E-state index is 14.1. The fourth-order valence-electron chi connectivity index (χ4n) is 2.43. The lowest BCUT2D eigenvalue weighted by Gasteiger charge is -2.22. The Bertz CT molecular complexity index is 677. The Morgan fingerprint density at radius 2 is 2.17 bits per heavy atom. The van der Waals surface area contributed by atoms with Gasteiger partial charge in [-0.15, -0.1) is 0 Å². The lowest BCUT2D eigenvalue weighted by Crippen LogP contribution is -2.32. The molecule has 1 atom stereocenters. The van der Waals surface area contributed by atoms with Crippen LogP contribution in [0.3, 0.4) is 0 Å². The lowest BCUT2D eigenvalue weighted by molar-refractivity contribution is -0.153. The fraction of sp³-hybridized carbons (Fsp3) is 0.500. The molecular weight excluding hydrogens is 299 g/mol. The molecule has 1 aromatic carbocycles. The van der Waals surface area contributed by atoms with Gasteiger partial charge in [-0.05, 0) is 52.2 Å². The van der Waals surface area contributed by atoms with E-state index >= 15 is 0 Å². The van der Waals surface area contributed by atoms with Crippen LogP contribution in [0.5, 0.6) is 5.75 Å². The average molecular weight is 320 g/mol. The molecule has 0 bridgehead atoms. The third-order valence-electron chi connectivity index (χ3n) is 3.47. The second-order valence-electron chi connectivity index (χ2n) is 6.51. The van der Waals surface area contributed by atoms with Gasteiger partial charge >= 0.3 is 5.97 Å². The minimum Gasteiger partial charge on any atom is -0.490 e. The van der Waals surface area contributed by atoms with E-state index in [2.05, 4.69) is 11.8 Å². The molecule has 0 saturated carbocycles. The maximum absolute atomic E-state index is 14.1. The molecule has 1 aromatic rings. The van der Waals surface area contributed by atoms with Gasteiger partial charge in [0.15, 0.2) is 11.6 Å². The van der Waals surface area contributed by atoms with Gasteiger partial charge in [-0.25, -0.2) is 9.18 Å². The molecule has 1 aliphatic rings. The largest absolute Gasteiger partial charge is 0.490 e. The van der Waals surface area contributed by atoms with E-state index in [0.717, 1.165) is 24.0 Å². The van der Waals surface area contributed by atoms with Crippen molar-refractivity contribution < 1.29 is 23.8 Å². The summed E-state index contributed by atoms with van der Waals surface area (Å²) in [6, 6.07) is 1.29. The van der Waals surface area contributed by atoms with Gasteiger partial charge in [0.1, 0.15) is 0 Å². The molecule has 124 valence electrons. The molecule has 0 aromatic heterocycles. The van der Waals surface area contributed by atoms with Crippen LogP contribution in [0, 0.1) is 24.6 Å². The van der Waals surface area contributed by atoms with E-state index in [-0.39, 0.29) is 0 Å². The molecule has 0 spiro atoms. The van der Waals surface area contributed by atoms with Gasteiger partial charge in [0.05, 0.1) is 12.2 Å². The predicted molar refractivity (Wildman–Crippen MR) is 84.1 cm³/mol. The van der Waals surface area contributed by atoms with Crippen LogP contribution >= 0.6 is 0 Å². The minimum absolute atomic E-state index is 0.292. The van der Waals surface area contributed by atoms with Crippen molar-refractivity contribution in [2.24, 2.45) is 0 Å². The number of carboxylic acid groups (broad SMARTS) is 1. The van der Waals surface area contributed by atoms with Crippen molar-refractivity contribution in [3.63, 3.8) is 0 Å². The maximum Gasteiger partial charge on any atom is 0.345 e. The Kier molecular flexibility index (Phi) is 4.96. The van der Waals surface area contributed by atoms with Crippen molar-refractivity contribution in [1.82, 2.24) is 0 Å². The second kappa shape index (κ2) is 6.59. The molecule has 0 amide bonds. The van der Waals surface area contributed by atoms with Gasteiger partial charge in [-0.1, -0.05) is 11.8 Å². The zero-order chi connectivity index (χ0) is 17.2. The summed E-state index contributed by atoms with van der Waals surface area (Å²) in [5.74, 6) is 4.02. The minimum atomic E-state index is -1.26. The van der Waals surface area contributed by atoms with E-state index in [0.29, 0.717) is 17.9 Å². The van der Waals surface area contributed by atoms with E-state index in [4.69, 9.17) is 9.47 Å². The topological polar surface area (TPSA) is 55.8 Å². The van der Waals surface area contributed by atoms with Gasteiger partial charge in [-0.2, -0.15) is 0 Å². The highest BCUT2D eigenvalue weighted by atomic mass is 19.1. The quantitative estimate of drug-likeness (QED) is 0.851. The molecule has 5 heteroatoms. The van der Waals surface area contributed by atoms with Crippen molar-refractivity contribution in [3.05, 3.63) is 28.6 Å². The van der Waals surface area contributed by atoms with Crippen LogP contribution in [0.1, 0.15) is 43.9 Å². The summed E-state index contributed by atoms with van der Waals surface area (Å²) in [7, 11) is 0. The second-order valence-corrected chi connectivity index (χ2v) is 6.51. The van der Waals surface area contributed by atoms with Crippen LogP contribution in [0.15, 0.2) is 6.07 Å². The third kappa shape index (κ3) is 4.23. The first-order valence-corrected chi connectivity index (χ1v) is 7.56. The van der Waals surface area contributed by atoms with Crippen LogP contribution in [0.4, 0.5) is 4.39 Å². The predicted octanol–water partition coefficient (Wildman–Crippen LogP) is 3.08. The van der Waals surface area contributed by atoms with Gasteiger partial charge < -0.3 is 14.6 Å². The fourth-order valence-corrected chi connectivity index (χ4v) is 2.43. The number of halogens is 1. The standard InChI is InChI=1S/C18H21FO4/c1-11-12(7-8-15(17(20)21)23-18(2,3)4)10-14(19)16-13(11)6-5-9-22-16/h10,15H,5-6,9H2,1-4H3,(H,20,21). The highest BCUT2D eigenvalue weighted by molar-refractivity contribution is 5.76. The number of aliphatic carboxylic acids is 1. The molecular formula is C18H21FO4. The number of ether oxygens (including phenoxy) is 2. The number of benzene rings is 1. The molecule has 0 aliphatic carbocycles. The van der Waals surface area contributed by atoms with Gasteiger partial charge in [0, 0.05) is 11.1 Å². The van der Waals surface area contributed by atoms with Crippen LogP contribution < -0.4 is 4.74 Å². The van der Waals surface area contributed by atoms with Gasteiger partial charge in [0.2, 0.25) is 6.10 Å². The molecule has 1 heterocycles. The van der Waals surface area contributed by atoms with Crippen LogP contribution in [0.2, 0.25) is 0 Å². The van der Waals surface area contributed by atoms with Crippen molar-refractivity contribution in [1.29, 1.82) is 0 Å². The molecule has 4 nitrogen and oxygen atoms in total. The van der Waals surface area contributed by atoms with E-state index in [9.17, 15) is 14.3 Å². The summed E-state index contributed by atoms with van der Waals surface area (Å²) < 4.78 is 24.9. The first kappa shape index (κ1) is 17.3. The van der Waals surface area contributed by atoms with Gasteiger partial charge in [0.25, 0.3) is 0 Å². The monoisotopic (exact) mass is 320 g/mol. The van der Waals surface area contributed by atoms with Crippen LogP contribution in [0.25, 0.3) is 0 Å². The van der Waals surface area contributed by atoms with E-state index in [1.54, 1.807) is 20.8 Å². The average Bonchev–Trinajstić information content (AvgIpc) is 2.46. The van der Waals surface area contributed by atoms with Crippen LogP contribution in [-0.2, 0) is 16.0 Å². The lowest BCUT2D eigenvalue weighted by atomic mass is 9.96. The van der Waals surface area contributed by atoms with E-state index in [1.165, 1.54) is 6.07 Å². The molecule has 23 heavy (non-hydrogen) atoms. The van der Waals surface area contributed by atoms with Gasteiger partial charge in [-0.3, -0.25) is 0 Å². The molecule has 1 unspecified atom stereocenters. The third-order valence-corrected chi connectivity index (χ3v) is 3.47. The summed E-state index contributed by atoms with van der Waals surface area (Å²) in [5.41, 5.74) is 1.47. The number of hydrogen-bond donors (Lipinski definition) is 1. The Morgan fingerprint density at radius 1 is 1.48 bits per heavy atom. The molecule has 0 saturated heterocycles. The number of carbonyl (C=O) groups is 1. The van der Waals surface area contributed by atoms with E-state index in [1.807, 2.05) is 6.92 Å². The summed E-state index contributed by atoms with van der Waals surface area (Å²) in [6.07, 6.45) is 0.300. The zero-order valence-electron chi connectivity index (χ0n) is 13.8. The molecule has 2 rings (SSSR count). The highest BCUT2D eigenvalue weighted by Crippen LogP contribution is 2.32. The summed E-state index contributed by atoms with van der Waals surface area (Å²) in [4.78, 5) is 11.3. The summed E-state index contributed by atoms with van der Waals surface area (Å²) in [6.45, 7) is 7.62. The molecule has 1 aliphatic heterocycles. The molecule has 0 fully saturated rings. The first-order valence-electron chi connectivity index (χ1n) is 7.56. The number of carboxylic acids is 1. The zero-order valence-corrected chi connectivity index (χ0v) is 13.8.